The molecule has 0 bridgehead atoms. The van der Waals surface area contributed by atoms with Crippen LogP contribution < -0.4 is 11.1 Å². The van der Waals surface area contributed by atoms with E-state index in [2.05, 4.69) is 5.32 Å². The molecule has 152 valence electrons. The number of piperidine rings is 1. The topological polar surface area (TPSA) is 102 Å². The molecule has 3 rings (SSSR count). The van der Waals surface area contributed by atoms with Gasteiger partial charge in [0, 0.05) is 38.5 Å². The molecule has 1 aromatic rings. The molecule has 2 aliphatic rings. The number of carbonyl (C=O) groups is 1. The molecular formula is C18H28ClN3O4S. The Bertz CT molecular complexity index is 745. The number of carbonyl (C=O) groups excluding carboxylic acids is 1. The van der Waals surface area contributed by atoms with Crippen LogP contribution in [0.2, 0.25) is 0 Å². The van der Waals surface area contributed by atoms with Crippen molar-refractivity contribution in [2.24, 2.45) is 11.1 Å². The molecule has 0 aromatic heterocycles. The van der Waals surface area contributed by atoms with Crippen LogP contribution in [-0.4, -0.2) is 51.5 Å². The minimum Gasteiger partial charge on any atom is -0.381 e. The predicted molar refractivity (Wildman–Crippen MR) is 106 cm³/mol. The number of anilines is 1. The lowest BCUT2D eigenvalue weighted by atomic mass is 9.79. The zero-order valence-corrected chi connectivity index (χ0v) is 17.0. The number of nitrogens with one attached hydrogen (secondary N) is 1. The normalized spacial score (nSPS) is 20.5. The van der Waals surface area contributed by atoms with Crippen molar-refractivity contribution in [3.8, 4) is 0 Å². The Balaban J connectivity index is 0.00000261. The quantitative estimate of drug-likeness (QED) is 0.762. The van der Waals surface area contributed by atoms with Crippen LogP contribution in [0.25, 0.3) is 0 Å². The maximum atomic E-state index is 12.8. The maximum Gasteiger partial charge on any atom is 0.243 e. The minimum absolute atomic E-state index is 0. The van der Waals surface area contributed by atoms with Crippen LogP contribution in [0.1, 0.15) is 32.1 Å². The maximum absolute atomic E-state index is 12.8. The first-order valence-electron chi connectivity index (χ1n) is 9.17. The first kappa shape index (κ1) is 22.1. The molecule has 0 spiro atoms. The average Bonchev–Trinajstić information content (AvgIpc) is 2.69. The number of nitrogens with zero attached hydrogens (tertiary/aromatic N) is 1. The van der Waals surface area contributed by atoms with Crippen molar-refractivity contribution in [3.05, 3.63) is 24.3 Å². The van der Waals surface area contributed by atoms with Gasteiger partial charge in [-0.1, -0.05) is 12.5 Å². The third kappa shape index (κ3) is 4.81. The number of nitrogens with two attached hydrogens (primary N) is 1. The average molecular weight is 418 g/mol. The lowest BCUT2D eigenvalue weighted by Crippen LogP contribution is -2.46. The SMILES string of the molecule is Cl.NCC1(C(=O)Nc2cccc(S(=O)(=O)N3CCCCC3)c2)CCOCC1. The van der Waals surface area contributed by atoms with Gasteiger partial charge in [-0.15, -0.1) is 12.4 Å². The molecule has 0 aliphatic carbocycles. The van der Waals surface area contributed by atoms with Crippen LogP contribution in [0.3, 0.4) is 0 Å². The Morgan fingerprint density at radius 2 is 1.85 bits per heavy atom. The molecule has 0 unspecified atom stereocenters. The molecule has 2 fully saturated rings. The lowest BCUT2D eigenvalue weighted by molar-refractivity contribution is -0.130. The van der Waals surface area contributed by atoms with Crippen molar-refractivity contribution in [1.29, 1.82) is 0 Å². The molecule has 1 amide bonds. The molecule has 0 atom stereocenters. The van der Waals surface area contributed by atoms with Gasteiger partial charge < -0.3 is 15.8 Å². The number of hydrogen-bond acceptors (Lipinski definition) is 5. The summed E-state index contributed by atoms with van der Waals surface area (Å²) in [5, 5.41) is 2.86. The second kappa shape index (κ2) is 9.34. The van der Waals surface area contributed by atoms with E-state index >= 15 is 0 Å². The second-order valence-corrected chi connectivity index (χ2v) is 8.98. The standard InChI is InChI=1S/C18H27N3O4S.ClH/c19-14-18(7-11-25-12-8-18)17(22)20-15-5-4-6-16(13-15)26(23,24)21-9-2-1-3-10-21;/h4-6,13H,1-3,7-12,14,19H2,(H,20,22);1H. The van der Waals surface area contributed by atoms with Crippen LogP contribution in [-0.2, 0) is 19.6 Å². The second-order valence-electron chi connectivity index (χ2n) is 7.04. The molecule has 9 heteroatoms. The number of halogens is 1. The minimum atomic E-state index is -3.53. The predicted octanol–water partition coefficient (Wildman–Crippen LogP) is 1.98. The number of benzene rings is 1. The first-order valence-corrected chi connectivity index (χ1v) is 10.6. The highest BCUT2D eigenvalue weighted by Crippen LogP contribution is 2.31. The third-order valence-corrected chi connectivity index (χ3v) is 7.26. The van der Waals surface area contributed by atoms with Crippen molar-refractivity contribution in [2.45, 2.75) is 37.0 Å². The molecule has 0 saturated carbocycles. The Morgan fingerprint density at radius 1 is 1.19 bits per heavy atom. The van der Waals surface area contributed by atoms with Gasteiger partial charge in [0.25, 0.3) is 0 Å². The van der Waals surface area contributed by atoms with Gasteiger partial charge in [0.15, 0.2) is 0 Å². The molecule has 7 nitrogen and oxygen atoms in total. The van der Waals surface area contributed by atoms with Crippen LogP contribution in [0, 0.1) is 5.41 Å². The molecule has 3 N–H and O–H groups in total. The Morgan fingerprint density at radius 3 is 2.48 bits per heavy atom. The highest BCUT2D eigenvalue weighted by Gasteiger charge is 2.39. The molecule has 2 heterocycles. The van der Waals surface area contributed by atoms with Crippen molar-refractivity contribution >= 4 is 34.0 Å². The fraction of sp³-hybridized carbons (Fsp3) is 0.611. The zero-order valence-electron chi connectivity index (χ0n) is 15.4. The summed E-state index contributed by atoms with van der Waals surface area (Å²) in [7, 11) is -3.53. The third-order valence-electron chi connectivity index (χ3n) is 5.37. The van der Waals surface area contributed by atoms with Crippen molar-refractivity contribution < 1.29 is 17.9 Å². The van der Waals surface area contributed by atoms with Gasteiger partial charge in [0.05, 0.1) is 10.3 Å². The van der Waals surface area contributed by atoms with E-state index in [1.165, 1.54) is 10.4 Å². The van der Waals surface area contributed by atoms with Gasteiger partial charge in [0.1, 0.15) is 0 Å². The summed E-state index contributed by atoms with van der Waals surface area (Å²) < 4.78 is 32.5. The summed E-state index contributed by atoms with van der Waals surface area (Å²) in [6.45, 7) is 2.36. The van der Waals surface area contributed by atoms with Crippen LogP contribution in [0.15, 0.2) is 29.2 Å². The van der Waals surface area contributed by atoms with E-state index in [-0.39, 0.29) is 29.8 Å². The summed E-state index contributed by atoms with van der Waals surface area (Å²) in [6.07, 6.45) is 3.97. The van der Waals surface area contributed by atoms with E-state index in [0.29, 0.717) is 44.8 Å². The fourth-order valence-electron chi connectivity index (χ4n) is 3.54. The van der Waals surface area contributed by atoms with Crippen LogP contribution >= 0.6 is 12.4 Å². The molecule has 0 radical (unpaired) electrons. The van der Waals surface area contributed by atoms with Crippen molar-refractivity contribution in [1.82, 2.24) is 4.31 Å². The molecule has 27 heavy (non-hydrogen) atoms. The monoisotopic (exact) mass is 417 g/mol. The first-order chi connectivity index (χ1) is 12.5. The summed E-state index contributed by atoms with van der Waals surface area (Å²) in [5.74, 6) is -0.171. The van der Waals surface area contributed by atoms with Gasteiger partial charge >= 0.3 is 0 Å². The van der Waals surface area contributed by atoms with E-state index in [0.717, 1.165) is 19.3 Å². The highest BCUT2D eigenvalue weighted by atomic mass is 35.5. The zero-order chi connectivity index (χ0) is 18.6. The number of sulfonamides is 1. The number of amides is 1. The summed E-state index contributed by atoms with van der Waals surface area (Å²) >= 11 is 0. The van der Waals surface area contributed by atoms with Gasteiger partial charge in [-0.05, 0) is 43.9 Å². The number of ether oxygens (including phenoxy) is 1. The van der Waals surface area contributed by atoms with E-state index in [4.69, 9.17) is 10.5 Å². The summed E-state index contributed by atoms with van der Waals surface area (Å²) in [6, 6.07) is 6.47. The van der Waals surface area contributed by atoms with Crippen LogP contribution in [0.5, 0.6) is 0 Å². The summed E-state index contributed by atoms with van der Waals surface area (Å²) in [5.41, 5.74) is 5.70. The van der Waals surface area contributed by atoms with Gasteiger partial charge in [-0.2, -0.15) is 4.31 Å². The van der Waals surface area contributed by atoms with E-state index in [9.17, 15) is 13.2 Å². The lowest BCUT2D eigenvalue weighted by Gasteiger charge is -2.34. The van der Waals surface area contributed by atoms with E-state index in [1.54, 1.807) is 18.2 Å². The van der Waals surface area contributed by atoms with Gasteiger partial charge in [-0.3, -0.25) is 4.79 Å². The van der Waals surface area contributed by atoms with Crippen LogP contribution in [0.4, 0.5) is 5.69 Å². The van der Waals surface area contributed by atoms with Gasteiger partial charge in [0.2, 0.25) is 15.9 Å². The Kier molecular flexibility index (Phi) is 7.64. The highest BCUT2D eigenvalue weighted by molar-refractivity contribution is 7.89. The summed E-state index contributed by atoms with van der Waals surface area (Å²) in [4.78, 5) is 13.0. The van der Waals surface area contributed by atoms with E-state index < -0.39 is 15.4 Å². The fourth-order valence-corrected chi connectivity index (χ4v) is 5.10. The van der Waals surface area contributed by atoms with Gasteiger partial charge in [-0.25, -0.2) is 8.42 Å². The largest absolute Gasteiger partial charge is 0.381 e. The smallest absolute Gasteiger partial charge is 0.243 e. The Hall–Kier alpha value is -1.19. The Labute approximate surface area is 167 Å². The van der Waals surface area contributed by atoms with Crippen molar-refractivity contribution in [2.75, 3.05) is 38.2 Å². The number of rotatable bonds is 5. The molecular weight excluding hydrogens is 390 g/mol. The molecule has 2 saturated heterocycles. The van der Waals surface area contributed by atoms with E-state index in [1.807, 2.05) is 0 Å². The van der Waals surface area contributed by atoms with Crippen molar-refractivity contribution in [3.63, 3.8) is 0 Å². The molecule has 2 aliphatic heterocycles. The number of hydrogen-bond donors (Lipinski definition) is 2. The molecule has 1 aromatic carbocycles.